The molecule has 0 atom stereocenters. The summed E-state index contributed by atoms with van der Waals surface area (Å²) < 4.78 is 29.3. The van der Waals surface area contributed by atoms with E-state index in [0.29, 0.717) is 28.0 Å². The zero-order valence-electron chi connectivity index (χ0n) is 52.3. The van der Waals surface area contributed by atoms with Gasteiger partial charge in [0.15, 0.2) is 0 Å². The number of benzene rings is 8. The number of phenols is 1. The van der Waals surface area contributed by atoms with Crippen molar-refractivity contribution in [1.29, 1.82) is 0 Å². The second-order valence-electron chi connectivity index (χ2n) is 26.8. The predicted octanol–water partition coefficient (Wildman–Crippen LogP) is 20.4. The smallest absolute Gasteiger partial charge is 0.148 e. The van der Waals surface area contributed by atoms with Gasteiger partial charge in [-0.2, -0.15) is 0 Å². The average Bonchev–Trinajstić information content (AvgIpc) is 1.99. The fourth-order valence-electron chi connectivity index (χ4n) is 10.7. The Labute approximate surface area is 495 Å². The molecule has 0 amide bonds. The Bertz CT molecular complexity index is 4010. The number of hydrogen-bond donors (Lipinski definition) is 1. The van der Waals surface area contributed by atoms with Gasteiger partial charge in [0.1, 0.15) is 11.6 Å². The van der Waals surface area contributed by atoms with Crippen LogP contribution in [0.25, 0.3) is 95.0 Å². The first-order valence-electron chi connectivity index (χ1n) is 29.4. The molecule has 10 rings (SSSR count). The Hall–Kier alpha value is -7.13. The molecule has 0 saturated heterocycles. The first-order valence-corrected chi connectivity index (χ1v) is 27.9. The normalized spacial score (nSPS) is 13.2. The molecule has 0 radical (unpaired) electrons. The van der Waals surface area contributed by atoms with Crippen molar-refractivity contribution in [3.8, 4) is 89.7 Å². The Morgan fingerprint density at radius 1 is 0.438 bits per heavy atom. The van der Waals surface area contributed by atoms with Gasteiger partial charge >= 0.3 is 0 Å². The van der Waals surface area contributed by atoms with Gasteiger partial charge in [0.25, 0.3) is 0 Å². The number of pyridine rings is 1. The van der Waals surface area contributed by atoms with Crippen LogP contribution in [0.3, 0.4) is 0 Å². The van der Waals surface area contributed by atoms with Crippen molar-refractivity contribution >= 4 is 11.0 Å². The summed E-state index contributed by atoms with van der Waals surface area (Å²) in [5.74, 6) is 0.663. The molecule has 2 aromatic heterocycles. The molecule has 8 aromatic carbocycles. The standard InChI is InChI=1S/C75H78N3O.Pt/c1-47-39-62(51-29-35-58(36-30-51)73(8,9)10)67(46-61(47)50-21-18-17-19-22-50)78-66-24-20-23-60(68(66)77-70(78)63-44-59(74(11,12)13)45-64(69(63)79)75(14,15)16)54-40-53(49-27-33-57(34-28-49)72(5,6)7)41-55(42-54)65-43-52(37-38-76-65)48-25-31-56(32-26-48)71(2,3)4;/h17-41,43-46,79H,1-16H3;/q-1;/i1D3;. The Balaban J connectivity index is 0.00000828. The number of aryl methyl sites for hydroxylation is 1. The third-order valence-electron chi connectivity index (χ3n) is 15.6. The molecular formula is C75H78N3OPt-. The minimum absolute atomic E-state index is 0. The molecule has 2 heterocycles. The number of nitrogens with zero attached hydrogens (tertiary/aromatic N) is 3. The third-order valence-corrected chi connectivity index (χ3v) is 15.6. The van der Waals surface area contributed by atoms with Gasteiger partial charge in [-0.05, 0) is 125 Å². The number of imidazole rings is 1. The summed E-state index contributed by atoms with van der Waals surface area (Å²) in [6.45, 7) is 30.5. The molecule has 0 aliphatic rings. The molecule has 410 valence electrons. The Morgan fingerprint density at radius 2 is 0.975 bits per heavy atom. The van der Waals surface area contributed by atoms with E-state index in [9.17, 15) is 5.11 Å². The topological polar surface area (TPSA) is 50.9 Å². The number of aromatic hydroxyl groups is 1. The van der Waals surface area contributed by atoms with Crippen LogP contribution in [0.2, 0.25) is 0 Å². The molecular weight excluding hydrogens is 1150 g/mol. The van der Waals surface area contributed by atoms with Crippen LogP contribution < -0.4 is 0 Å². The summed E-state index contributed by atoms with van der Waals surface area (Å²) in [6.07, 6.45) is 1.88. The van der Waals surface area contributed by atoms with Gasteiger partial charge in [-0.3, -0.25) is 9.55 Å². The van der Waals surface area contributed by atoms with Crippen LogP contribution in [0.15, 0.2) is 176 Å². The Morgan fingerprint density at radius 3 is 1.52 bits per heavy atom. The van der Waals surface area contributed by atoms with Crippen molar-refractivity contribution in [1.82, 2.24) is 14.5 Å². The van der Waals surface area contributed by atoms with Crippen molar-refractivity contribution in [2.24, 2.45) is 0 Å². The summed E-state index contributed by atoms with van der Waals surface area (Å²) in [5.41, 5.74) is 18.1. The number of aromatic nitrogens is 3. The molecule has 80 heavy (non-hydrogen) atoms. The molecule has 0 saturated carbocycles. The largest absolute Gasteiger partial charge is 0.507 e. The zero-order valence-corrected chi connectivity index (χ0v) is 51.6. The molecule has 10 aromatic rings. The number of phenolic OH excluding ortho intramolecular Hbond substituents is 1. The maximum atomic E-state index is 12.9. The zero-order chi connectivity index (χ0) is 59.1. The second kappa shape index (κ2) is 21.4. The minimum atomic E-state index is -2.46. The van der Waals surface area contributed by atoms with Crippen LogP contribution in [0.5, 0.6) is 5.75 Å². The predicted molar refractivity (Wildman–Crippen MR) is 336 cm³/mol. The molecule has 5 heteroatoms. The molecule has 0 unspecified atom stereocenters. The van der Waals surface area contributed by atoms with Crippen molar-refractivity contribution < 1.29 is 30.3 Å². The number of hydrogen-bond acceptors (Lipinski definition) is 3. The number of fused-ring (bicyclic) bond motifs is 1. The van der Waals surface area contributed by atoms with Gasteiger partial charge in [-0.15, -0.1) is 23.8 Å². The van der Waals surface area contributed by atoms with Gasteiger partial charge in [0.05, 0.1) is 22.3 Å². The molecule has 1 N–H and O–H groups in total. The van der Waals surface area contributed by atoms with Gasteiger partial charge in [0, 0.05) is 48.2 Å². The van der Waals surface area contributed by atoms with Crippen molar-refractivity contribution in [2.45, 2.75) is 138 Å². The van der Waals surface area contributed by atoms with Gasteiger partial charge < -0.3 is 5.11 Å². The van der Waals surface area contributed by atoms with Crippen molar-refractivity contribution in [2.75, 3.05) is 0 Å². The molecule has 0 aliphatic carbocycles. The van der Waals surface area contributed by atoms with E-state index in [1.165, 1.54) is 11.1 Å². The maximum Gasteiger partial charge on any atom is 0.148 e. The SMILES string of the molecule is [2H]C([2H])([2H])c1cc(-c2ccc(C(C)(C)C)cc2)c(-n2c(-c3cc(C(C)(C)C)cc(C(C)(C)C)c3O)nc3c(-c4[c-]c(-c5cc(-c6ccc(C(C)(C)C)cc6)ccn5)cc(-c5ccc(C(C)(C)C)cc5)c4)cccc32)cc1-c1ccccc1.[Pt]. The average molecular weight is 1240 g/mol. The van der Waals surface area contributed by atoms with Gasteiger partial charge in [-0.25, -0.2) is 4.98 Å². The van der Waals surface area contributed by atoms with E-state index < -0.39 is 12.3 Å². The quantitative estimate of drug-likeness (QED) is 0.154. The minimum Gasteiger partial charge on any atom is -0.507 e. The molecule has 0 spiro atoms. The van der Waals surface area contributed by atoms with E-state index in [1.54, 1.807) is 0 Å². The summed E-state index contributed by atoms with van der Waals surface area (Å²) in [7, 11) is 0. The van der Waals surface area contributed by atoms with Crippen LogP contribution in [0.1, 0.15) is 141 Å². The first-order chi connectivity index (χ1) is 38.3. The molecule has 0 aliphatic heterocycles. The fraction of sp³-hybridized carbons (Fsp3) is 0.280. The first kappa shape index (κ1) is 53.5. The van der Waals surface area contributed by atoms with Crippen molar-refractivity contribution in [3.63, 3.8) is 0 Å². The number of rotatable bonds is 8. The van der Waals surface area contributed by atoms with E-state index in [-0.39, 0.29) is 54.0 Å². The monoisotopic (exact) mass is 1230 g/mol. The van der Waals surface area contributed by atoms with E-state index >= 15 is 0 Å². The van der Waals surface area contributed by atoms with Gasteiger partial charge in [-0.1, -0.05) is 248 Å². The maximum absolute atomic E-state index is 12.9. The fourth-order valence-corrected chi connectivity index (χ4v) is 10.7. The molecule has 4 nitrogen and oxygen atoms in total. The van der Waals surface area contributed by atoms with Crippen LogP contribution >= 0.6 is 0 Å². The summed E-state index contributed by atoms with van der Waals surface area (Å²) in [6, 6.07) is 62.8. The van der Waals surface area contributed by atoms with Crippen molar-refractivity contribution in [3.05, 3.63) is 216 Å². The number of para-hydroxylation sites is 1. The summed E-state index contributed by atoms with van der Waals surface area (Å²) in [5, 5.41) is 12.9. The van der Waals surface area contributed by atoms with E-state index in [1.807, 2.05) is 48.7 Å². The van der Waals surface area contributed by atoms with E-state index in [2.05, 4.69) is 242 Å². The van der Waals surface area contributed by atoms with E-state index in [4.69, 9.17) is 14.1 Å². The van der Waals surface area contributed by atoms with Crippen LogP contribution in [-0.2, 0) is 48.1 Å². The van der Waals surface area contributed by atoms with Gasteiger partial charge in [0.2, 0.25) is 0 Å². The van der Waals surface area contributed by atoms with Crippen LogP contribution in [-0.4, -0.2) is 19.6 Å². The third kappa shape index (κ3) is 11.6. The molecule has 0 fully saturated rings. The van der Waals surface area contributed by atoms with Crippen LogP contribution in [0, 0.1) is 12.9 Å². The van der Waals surface area contributed by atoms with Crippen LogP contribution in [0.4, 0.5) is 0 Å². The second-order valence-corrected chi connectivity index (χ2v) is 26.8. The van der Waals surface area contributed by atoms with E-state index in [0.717, 1.165) is 83.7 Å². The summed E-state index contributed by atoms with van der Waals surface area (Å²) >= 11 is 0. The molecule has 0 bridgehead atoms. The summed E-state index contributed by atoms with van der Waals surface area (Å²) in [4.78, 5) is 10.8. The Kier molecular flexibility index (Phi) is 14.3.